The van der Waals surface area contributed by atoms with Gasteiger partial charge in [-0.1, -0.05) is 13.8 Å². The van der Waals surface area contributed by atoms with Crippen LogP contribution in [-0.4, -0.2) is 36.6 Å². The standard InChI is InChI=1S/C17H26N4/c1-13(2)16-5-4-15(12-18)17(20-16)19-9-6-14-7-10-21(3)11-8-14/h4-5,13-14H,6-11H2,1-3H3,(H,19,20). The first-order valence-corrected chi connectivity index (χ1v) is 7.93. The number of nitrogens with one attached hydrogen (secondary N) is 1. The third kappa shape index (κ3) is 4.44. The third-order valence-electron chi connectivity index (χ3n) is 4.31. The molecule has 114 valence electrons. The molecule has 1 aliphatic heterocycles. The Bertz CT molecular complexity index is 496. The predicted octanol–water partition coefficient (Wildman–Crippen LogP) is 3.22. The van der Waals surface area contributed by atoms with Gasteiger partial charge in [0.15, 0.2) is 0 Å². The quantitative estimate of drug-likeness (QED) is 0.903. The summed E-state index contributed by atoms with van der Waals surface area (Å²) in [7, 11) is 2.19. The Morgan fingerprint density at radius 1 is 1.38 bits per heavy atom. The van der Waals surface area contributed by atoms with E-state index >= 15 is 0 Å². The Kier molecular flexibility index (Phi) is 5.58. The summed E-state index contributed by atoms with van der Waals surface area (Å²) >= 11 is 0. The molecular formula is C17H26N4. The largest absolute Gasteiger partial charge is 0.369 e. The molecule has 0 saturated carbocycles. The van der Waals surface area contributed by atoms with Crippen molar-refractivity contribution in [1.82, 2.24) is 9.88 Å². The first-order valence-electron chi connectivity index (χ1n) is 7.93. The third-order valence-corrected chi connectivity index (χ3v) is 4.31. The van der Waals surface area contributed by atoms with Crippen molar-refractivity contribution >= 4 is 5.82 Å². The first kappa shape index (κ1) is 15.8. The first-order chi connectivity index (χ1) is 10.1. The molecule has 1 aromatic heterocycles. The van der Waals surface area contributed by atoms with Gasteiger partial charge >= 0.3 is 0 Å². The van der Waals surface area contributed by atoms with Crippen molar-refractivity contribution in [2.75, 3.05) is 32.0 Å². The van der Waals surface area contributed by atoms with Crippen LogP contribution in [0.3, 0.4) is 0 Å². The zero-order chi connectivity index (χ0) is 15.2. The van der Waals surface area contributed by atoms with E-state index in [4.69, 9.17) is 0 Å². The Morgan fingerprint density at radius 2 is 2.10 bits per heavy atom. The Labute approximate surface area is 128 Å². The predicted molar refractivity (Wildman–Crippen MR) is 86.4 cm³/mol. The summed E-state index contributed by atoms with van der Waals surface area (Å²) in [6, 6.07) is 6.05. The second-order valence-electron chi connectivity index (χ2n) is 6.36. The zero-order valence-electron chi connectivity index (χ0n) is 13.4. The summed E-state index contributed by atoms with van der Waals surface area (Å²) in [5.74, 6) is 1.93. The number of rotatable bonds is 5. The highest BCUT2D eigenvalue weighted by molar-refractivity contribution is 5.52. The lowest BCUT2D eigenvalue weighted by Gasteiger charge is -2.29. The average Bonchev–Trinajstić information content (AvgIpc) is 2.49. The second kappa shape index (κ2) is 7.42. The van der Waals surface area contributed by atoms with E-state index in [1.807, 2.05) is 12.1 Å². The van der Waals surface area contributed by atoms with Crippen LogP contribution >= 0.6 is 0 Å². The molecule has 21 heavy (non-hydrogen) atoms. The lowest BCUT2D eigenvalue weighted by atomic mass is 9.94. The van der Waals surface area contributed by atoms with Gasteiger partial charge in [-0.3, -0.25) is 0 Å². The fourth-order valence-electron chi connectivity index (χ4n) is 2.77. The Morgan fingerprint density at radius 3 is 2.71 bits per heavy atom. The van der Waals surface area contributed by atoms with E-state index in [2.05, 4.69) is 42.2 Å². The molecule has 0 unspecified atom stereocenters. The molecule has 0 aromatic carbocycles. The highest BCUT2D eigenvalue weighted by Gasteiger charge is 2.16. The number of hydrogen-bond acceptors (Lipinski definition) is 4. The minimum atomic E-state index is 0.382. The number of aromatic nitrogens is 1. The zero-order valence-corrected chi connectivity index (χ0v) is 13.4. The van der Waals surface area contributed by atoms with Crippen LogP contribution in [0.4, 0.5) is 5.82 Å². The number of hydrogen-bond donors (Lipinski definition) is 1. The summed E-state index contributed by atoms with van der Waals surface area (Å²) in [4.78, 5) is 6.99. The van der Waals surface area contributed by atoms with Crippen LogP contribution in [0.5, 0.6) is 0 Å². The van der Waals surface area contributed by atoms with Crippen LogP contribution in [0.25, 0.3) is 0 Å². The molecular weight excluding hydrogens is 260 g/mol. The van der Waals surface area contributed by atoms with Crippen LogP contribution in [0.1, 0.15) is 50.3 Å². The smallest absolute Gasteiger partial charge is 0.144 e. The van der Waals surface area contributed by atoms with Gasteiger partial charge < -0.3 is 10.2 Å². The lowest BCUT2D eigenvalue weighted by Crippen LogP contribution is -2.30. The van der Waals surface area contributed by atoms with Crippen LogP contribution in [0.2, 0.25) is 0 Å². The molecule has 2 rings (SSSR count). The van der Waals surface area contributed by atoms with E-state index in [1.54, 1.807) is 0 Å². The fourth-order valence-corrected chi connectivity index (χ4v) is 2.77. The molecule has 1 aromatic rings. The summed E-state index contributed by atoms with van der Waals surface area (Å²) < 4.78 is 0. The van der Waals surface area contributed by atoms with Crippen molar-refractivity contribution in [3.8, 4) is 6.07 Å². The van der Waals surface area contributed by atoms with Gasteiger partial charge in [0.2, 0.25) is 0 Å². The molecule has 0 radical (unpaired) electrons. The van der Waals surface area contributed by atoms with E-state index < -0.39 is 0 Å². The molecule has 1 fully saturated rings. The van der Waals surface area contributed by atoms with E-state index in [1.165, 1.54) is 25.9 Å². The number of pyridine rings is 1. The van der Waals surface area contributed by atoms with Gasteiger partial charge in [-0.25, -0.2) is 4.98 Å². The van der Waals surface area contributed by atoms with Crippen molar-refractivity contribution in [2.24, 2.45) is 5.92 Å². The van der Waals surface area contributed by atoms with Crippen LogP contribution in [-0.2, 0) is 0 Å². The summed E-state index contributed by atoms with van der Waals surface area (Å²) in [5.41, 5.74) is 1.68. The minimum absolute atomic E-state index is 0.382. The maximum Gasteiger partial charge on any atom is 0.144 e. The van der Waals surface area contributed by atoms with Crippen LogP contribution < -0.4 is 5.32 Å². The molecule has 4 heteroatoms. The van der Waals surface area contributed by atoms with E-state index in [0.29, 0.717) is 11.5 Å². The molecule has 0 bridgehead atoms. The van der Waals surface area contributed by atoms with Crippen LogP contribution in [0, 0.1) is 17.2 Å². The average molecular weight is 286 g/mol. The summed E-state index contributed by atoms with van der Waals surface area (Å²) in [5, 5.41) is 12.6. The van der Waals surface area contributed by atoms with Gasteiger partial charge in [0, 0.05) is 12.2 Å². The van der Waals surface area contributed by atoms with Crippen molar-refractivity contribution < 1.29 is 0 Å². The number of anilines is 1. The summed E-state index contributed by atoms with van der Waals surface area (Å²) in [6.45, 7) is 7.55. The lowest BCUT2D eigenvalue weighted by molar-refractivity contribution is 0.215. The van der Waals surface area contributed by atoms with E-state index in [-0.39, 0.29) is 0 Å². The second-order valence-corrected chi connectivity index (χ2v) is 6.36. The van der Waals surface area contributed by atoms with Gasteiger partial charge in [-0.2, -0.15) is 5.26 Å². The molecule has 0 atom stereocenters. The molecule has 0 spiro atoms. The SMILES string of the molecule is CC(C)c1ccc(C#N)c(NCCC2CCN(C)CC2)n1. The molecule has 1 N–H and O–H groups in total. The van der Waals surface area contributed by atoms with Crippen molar-refractivity contribution in [3.63, 3.8) is 0 Å². The van der Waals surface area contributed by atoms with Gasteiger partial charge in [-0.05, 0) is 63.4 Å². The molecule has 1 saturated heterocycles. The summed E-state index contributed by atoms with van der Waals surface area (Å²) in [6.07, 6.45) is 3.72. The Hall–Kier alpha value is -1.60. The number of likely N-dealkylation sites (tertiary alicyclic amines) is 1. The van der Waals surface area contributed by atoms with Crippen molar-refractivity contribution in [2.45, 2.75) is 39.0 Å². The van der Waals surface area contributed by atoms with Gasteiger partial charge in [0.1, 0.15) is 11.9 Å². The number of nitrogens with zero attached hydrogens (tertiary/aromatic N) is 3. The normalized spacial score (nSPS) is 16.9. The maximum atomic E-state index is 9.19. The van der Waals surface area contributed by atoms with Crippen molar-refractivity contribution in [1.29, 1.82) is 5.26 Å². The number of nitriles is 1. The minimum Gasteiger partial charge on any atom is -0.369 e. The molecule has 0 amide bonds. The number of piperidine rings is 1. The van der Waals surface area contributed by atoms with Gasteiger partial charge in [0.25, 0.3) is 0 Å². The fraction of sp³-hybridized carbons (Fsp3) is 0.647. The molecule has 1 aliphatic rings. The molecule has 4 nitrogen and oxygen atoms in total. The van der Waals surface area contributed by atoms with E-state index in [9.17, 15) is 5.26 Å². The van der Waals surface area contributed by atoms with E-state index in [0.717, 1.165) is 30.4 Å². The molecule has 2 heterocycles. The topological polar surface area (TPSA) is 52.0 Å². The monoisotopic (exact) mass is 286 g/mol. The Balaban J connectivity index is 1.90. The van der Waals surface area contributed by atoms with Gasteiger partial charge in [-0.15, -0.1) is 0 Å². The highest BCUT2D eigenvalue weighted by Crippen LogP contribution is 2.21. The maximum absolute atomic E-state index is 9.19. The van der Waals surface area contributed by atoms with Crippen LogP contribution in [0.15, 0.2) is 12.1 Å². The highest BCUT2D eigenvalue weighted by atomic mass is 15.1. The molecule has 0 aliphatic carbocycles. The van der Waals surface area contributed by atoms with Crippen molar-refractivity contribution in [3.05, 3.63) is 23.4 Å². The van der Waals surface area contributed by atoms with Gasteiger partial charge in [0.05, 0.1) is 5.56 Å².